The van der Waals surface area contributed by atoms with Gasteiger partial charge in [-0.15, -0.1) is 0 Å². The van der Waals surface area contributed by atoms with Crippen LogP contribution >= 0.6 is 22.9 Å². The minimum atomic E-state index is -0.759. The van der Waals surface area contributed by atoms with Crippen molar-refractivity contribution in [3.8, 4) is 11.5 Å². The fourth-order valence-electron chi connectivity index (χ4n) is 4.59. The Morgan fingerprint density at radius 3 is 2.48 bits per heavy atom. The second-order valence-electron chi connectivity index (χ2n) is 9.00. The molecule has 4 aromatic rings. The molecule has 0 radical (unpaired) electrons. The van der Waals surface area contributed by atoms with Crippen LogP contribution in [-0.4, -0.2) is 24.3 Å². The second-order valence-corrected chi connectivity index (χ2v) is 10.4. The summed E-state index contributed by atoms with van der Waals surface area (Å²) < 4.78 is 19.1. The van der Waals surface area contributed by atoms with E-state index in [1.54, 1.807) is 37.7 Å². The summed E-state index contributed by atoms with van der Waals surface area (Å²) in [7, 11) is 1.56. The number of thiazole rings is 1. The van der Waals surface area contributed by atoms with Crippen LogP contribution in [0.2, 0.25) is 5.02 Å². The molecular weight excluding hydrogens is 548 g/mol. The van der Waals surface area contributed by atoms with Crippen molar-refractivity contribution in [2.75, 3.05) is 13.7 Å². The van der Waals surface area contributed by atoms with Crippen LogP contribution in [0.3, 0.4) is 0 Å². The Hall–Kier alpha value is -4.14. The van der Waals surface area contributed by atoms with E-state index in [1.807, 2.05) is 66.7 Å². The molecule has 0 spiro atoms. The van der Waals surface area contributed by atoms with Crippen molar-refractivity contribution in [2.45, 2.75) is 26.5 Å². The van der Waals surface area contributed by atoms with E-state index in [0.717, 1.165) is 11.1 Å². The number of allylic oxidation sites excluding steroid dienone is 1. The van der Waals surface area contributed by atoms with Crippen molar-refractivity contribution in [3.63, 3.8) is 0 Å². The summed E-state index contributed by atoms with van der Waals surface area (Å²) in [4.78, 5) is 32.2. The molecule has 0 aliphatic carbocycles. The molecule has 0 amide bonds. The number of nitrogens with zero attached hydrogens (tertiary/aromatic N) is 2. The molecule has 0 saturated carbocycles. The number of para-hydroxylation sites is 2. The summed E-state index contributed by atoms with van der Waals surface area (Å²) >= 11 is 7.26. The lowest BCUT2D eigenvalue weighted by atomic mass is 9.95. The molecule has 1 aromatic heterocycles. The third-order valence-electron chi connectivity index (χ3n) is 6.46. The highest BCUT2D eigenvalue weighted by Crippen LogP contribution is 2.35. The van der Waals surface area contributed by atoms with Crippen molar-refractivity contribution in [2.24, 2.45) is 4.99 Å². The lowest BCUT2D eigenvalue weighted by Crippen LogP contribution is -2.40. The first-order valence-corrected chi connectivity index (χ1v) is 13.9. The number of hydrogen-bond donors (Lipinski definition) is 0. The summed E-state index contributed by atoms with van der Waals surface area (Å²) in [6.45, 7) is 4.05. The molecule has 0 unspecified atom stereocenters. The van der Waals surface area contributed by atoms with Crippen LogP contribution in [0.15, 0.2) is 93.9 Å². The van der Waals surface area contributed by atoms with E-state index in [2.05, 4.69) is 4.99 Å². The number of carbonyl (C=O) groups is 1. The Balaban J connectivity index is 1.61. The molecule has 40 heavy (non-hydrogen) atoms. The first kappa shape index (κ1) is 27.4. The van der Waals surface area contributed by atoms with Gasteiger partial charge in [-0.3, -0.25) is 9.36 Å². The summed E-state index contributed by atoms with van der Waals surface area (Å²) in [5.41, 5.74) is 2.91. The number of hydrogen-bond acceptors (Lipinski definition) is 7. The molecule has 0 saturated heterocycles. The number of esters is 1. The van der Waals surface area contributed by atoms with Gasteiger partial charge in [0.15, 0.2) is 4.80 Å². The molecule has 7 nitrogen and oxygen atoms in total. The molecule has 0 N–H and O–H groups in total. The van der Waals surface area contributed by atoms with Gasteiger partial charge in [0.25, 0.3) is 5.56 Å². The lowest BCUT2D eigenvalue weighted by molar-refractivity contribution is -0.139. The van der Waals surface area contributed by atoms with Gasteiger partial charge < -0.3 is 14.2 Å². The third-order valence-corrected chi connectivity index (χ3v) is 7.70. The quantitative estimate of drug-likeness (QED) is 0.276. The molecule has 1 aliphatic heterocycles. The molecule has 0 bridgehead atoms. The van der Waals surface area contributed by atoms with Gasteiger partial charge in [-0.25, -0.2) is 9.79 Å². The number of fused-ring (bicyclic) bond motifs is 1. The Bertz CT molecular complexity index is 1770. The molecule has 3 aromatic carbocycles. The molecule has 1 atom stereocenters. The zero-order chi connectivity index (χ0) is 28.2. The van der Waals surface area contributed by atoms with Gasteiger partial charge in [0.1, 0.15) is 24.1 Å². The number of aromatic nitrogens is 1. The maximum absolute atomic E-state index is 14.0. The Morgan fingerprint density at radius 1 is 1.05 bits per heavy atom. The van der Waals surface area contributed by atoms with Gasteiger partial charge in [-0.05, 0) is 49.8 Å². The van der Waals surface area contributed by atoms with Gasteiger partial charge in [0.2, 0.25) is 0 Å². The minimum Gasteiger partial charge on any atom is -0.496 e. The van der Waals surface area contributed by atoms with E-state index >= 15 is 0 Å². The fraction of sp³-hybridized carbons (Fsp3) is 0.194. The molecular formula is C31H27ClN2O5S. The first-order valence-electron chi connectivity index (χ1n) is 12.7. The predicted molar refractivity (Wildman–Crippen MR) is 156 cm³/mol. The Morgan fingerprint density at radius 2 is 1.75 bits per heavy atom. The Kier molecular flexibility index (Phi) is 8.19. The van der Waals surface area contributed by atoms with E-state index in [9.17, 15) is 9.59 Å². The summed E-state index contributed by atoms with van der Waals surface area (Å²) in [5, 5.41) is 0.660. The van der Waals surface area contributed by atoms with Gasteiger partial charge in [0, 0.05) is 16.1 Å². The van der Waals surface area contributed by atoms with E-state index in [0.29, 0.717) is 49.3 Å². The van der Waals surface area contributed by atoms with E-state index in [1.165, 1.54) is 11.3 Å². The molecule has 9 heteroatoms. The van der Waals surface area contributed by atoms with Crippen LogP contribution < -0.4 is 24.4 Å². The number of carbonyl (C=O) groups excluding carboxylic acids is 1. The highest BCUT2D eigenvalue weighted by molar-refractivity contribution is 7.07. The van der Waals surface area contributed by atoms with Crippen molar-refractivity contribution in [1.29, 1.82) is 0 Å². The SMILES string of the molecule is CCOC(=O)C1=C(C)N=c2s/c(=C\c3ccccc3OCc3ccc(Cl)cc3)c(=O)n2[C@@H]1c1ccccc1OC. The maximum Gasteiger partial charge on any atom is 0.338 e. The molecule has 0 fully saturated rings. The van der Waals surface area contributed by atoms with Crippen LogP contribution in [-0.2, 0) is 16.1 Å². The second kappa shape index (κ2) is 11.9. The van der Waals surface area contributed by atoms with Crippen LogP contribution in [0.5, 0.6) is 11.5 Å². The smallest absolute Gasteiger partial charge is 0.338 e. The average Bonchev–Trinajstić information content (AvgIpc) is 3.26. The maximum atomic E-state index is 14.0. The van der Waals surface area contributed by atoms with Gasteiger partial charge in [-0.1, -0.05) is 71.5 Å². The van der Waals surface area contributed by atoms with E-state index in [-0.39, 0.29) is 12.2 Å². The fourth-order valence-corrected chi connectivity index (χ4v) is 5.76. The molecule has 2 heterocycles. The highest BCUT2D eigenvalue weighted by atomic mass is 35.5. The summed E-state index contributed by atoms with van der Waals surface area (Å²) in [5.74, 6) is 0.669. The molecule has 1 aliphatic rings. The van der Waals surface area contributed by atoms with E-state index < -0.39 is 12.0 Å². The zero-order valence-electron chi connectivity index (χ0n) is 22.2. The van der Waals surface area contributed by atoms with Gasteiger partial charge >= 0.3 is 5.97 Å². The van der Waals surface area contributed by atoms with Crippen molar-refractivity contribution < 1.29 is 19.0 Å². The lowest BCUT2D eigenvalue weighted by Gasteiger charge is -2.25. The number of halogens is 1. The normalized spacial score (nSPS) is 14.9. The predicted octanol–water partition coefficient (Wildman–Crippen LogP) is 5.04. The standard InChI is InChI=1S/C31H27ClN2O5S/c1-4-38-30(36)27-19(2)33-31-34(28(27)23-10-6-8-12-25(23)37-3)29(35)26(40-31)17-21-9-5-7-11-24(21)39-18-20-13-15-22(32)16-14-20/h5-17,28H,4,18H2,1-3H3/b26-17-/t28-/m1/s1. The number of methoxy groups -OCH3 is 1. The van der Waals surface area contributed by atoms with Crippen LogP contribution in [0.1, 0.15) is 36.6 Å². The summed E-state index contributed by atoms with van der Waals surface area (Å²) in [6.07, 6.45) is 1.80. The number of rotatable bonds is 8. The van der Waals surface area contributed by atoms with Gasteiger partial charge in [-0.2, -0.15) is 0 Å². The van der Waals surface area contributed by atoms with Crippen LogP contribution in [0.25, 0.3) is 6.08 Å². The average molecular weight is 575 g/mol. The minimum absolute atomic E-state index is 0.200. The van der Waals surface area contributed by atoms with Crippen molar-refractivity contribution in [1.82, 2.24) is 4.57 Å². The number of benzene rings is 3. The molecule has 204 valence electrons. The zero-order valence-corrected chi connectivity index (χ0v) is 23.8. The van der Waals surface area contributed by atoms with Crippen LogP contribution in [0, 0.1) is 0 Å². The van der Waals surface area contributed by atoms with Crippen molar-refractivity contribution >= 4 is 35.0 Å². The third kappa shape index (κ3) is 5.46. The van der Waals surface area contributed by atoms with Crippen LogP contribution in [0.4, 0.5) is 0 Å². The van der Waals surface area contributed by atoms with Gasteiger partial charge in [0.05, 0.1) is 29.5 Å². The Labute approximate surface area is 240 Å². The van der Waals surface area contributed by atoms with E-state index in [4.69, 9.17) is 25.8 Å². The molecule has 5 rings (SSSR count). The summed E-state index contributed by atoms with van der Waals surface area (Å²) in [6, 6.07) is 21.5. The first-order chi connectivity index (χ1) is 19.4. The topological polar surface area (TPSA) is 79.1 Å². The number of ether oxygens (including phenoxy) is 3. The monoisotopic (exact) mass is 574 g/mol. The highest BCUT2D eigenvalue weighted by Gasteiger charge is 2.34. The largest absolute Gasteiger partial charge is 0.496 e. The van der Waals surface area contributed by atoms with Crippen molar-refractivity contribution in [3.05, 3.63) is 125 Å².